The lowest BCUT2D eigenvalue weighted by Crippen LogP contribution is -1.98. The number of ether oxygens (including phenoxy) is 1. The molecule has 1 heterocycles. The van der Waals surface area contributed by atoms with Gasteiger partial charge in [-0.2, -0.15) is 0 Å². The van der Waals surface area contributed by atoms with Crippen molar-refractivity contribution in [2.24, 2.45) is 0 Å². The minimum absolute atomic E-state index is 0.686. The number of benzene rings is 1. The molecule has 2 nitrogen and oxygen atoms in total. The van der Waals surface area contributed by atoms with E-state index in [0.29, 0.717) is 6.61 Å². The molecule has 0 bridgehead atoms. The molecule has 2 heteroatoms. The van der Waals surface area contributed by atoms with Crippen molar-refractivity contribution in [2.75, 3.05) is 6.61 Å². The molecule has 1 aromatic carbocycles. The fourth-order valence-electron chi connectivity index (χ4n) is 1.50. The summed E-state index contributed by atoms with van der Waals surface area (Å²) in [5, 5.41) is 0. The van der Waals surface area contributed by atoms with Gasteiger partial charge in [0.1, 0.15) is 0 Å². The summed E-state index contributed by atoms with van der Waals surface area (Å²) in [5.74, 6) is 0. The van der Waals surface area contributed by atoms with Crippen molar-refractivity contribution >= 4 is 0 Å². The van der Waals surface area contributed by atoms with E-state index in [0.717, 1.165) is 13.0 Å². The van der Waals surface area contributed by atoms with Gasteiger partial charge < -0.3 is 4.74 Å². The van der Waals surface area contributed by atoms with Crippen LogP contribution >= 0.6 is 0 Å². The minimum atomic E-state index is 0.686. The normalized spacial score (nSPS) is 10.2. The van der Waals surface area contributed by atoms with Gasteiger partial charge in [-0.25, -0.2) is 0 Å². The maximum Gasteiger partial charge on any atom is 0.0717 e. The number of rotatable bonds is 5. The van der Waals surface area contributed by atoms with Gasteiger partial charge in [-0.1, -0.05) is 30.3 Å². The van der Waals surface area contributed by atoms with E-state index in [1.807, 2.05) is 42.7 Å². The predicted molar refractivity (Wildman–Crippen MR) is 64.0 cm³/mol. The molecule has 0 aliphatic carbocycles. The molecule has 0 radical (unpaired) electrons. The van der Waals surface area contributed by atoms with Crippen LogP contribution in [0.5, 0.6) is 0 Å². The van der Waals surface area contributed by atoms with Gasteiger partial charge in [-0.15, -0.1) is 0 Å². The van der Waals surface area contributed by atoms with Gasteiger partial charge in [0, 0.05) is 12.4 Å². The van der Waals surface area contributed by atoms with E-state index in [4.69, 9.17) is 4.74 Å². The van der Waals surface area contributed by atoms with Gasteiger partial charge in [0.2, 0.25) is 0 Å². The summed E-state index contributed by atoms with van der Waals surface area (Å²) in [6, 6.07) is 14.3. The second-order valence-electron chi connectivity index (χ2n) is 3.64. The second-order valence-corrected chi connectivity index (χ2v) is 3.64. The van der Waals surface area contributed by atoms with Gasteiger partial charge in [-0.05, 0) is 29.7 Å². The summed E-state index contributed by atoms with van der Waals surface area (Å²) in [4.78, 5) is 3.98. The zero-order valence-electron chi connectivity index (χ0n) is 9.17. The van der Waals surface area contributed by atoms with E-state index in [-0.39, 0.29) is 0 Å². The molecule has 0 unspecified atom stereocenters. The first-order chi connectivity index (χ1) is 7.95. The van der Waals surface area contributed by atoms with Crippen LogP contribution in [0.15, 0.2) is 54.9 Å². The maximum absolute atomic E-state index is 5.60. The number of hydrogen-bond acceptors (Lipinski definition) is 2. The Hall–Kier alpha value is -1.67. The van der Waals surface area contributed by atoms with Crippen molar-refractivity contribution in [3.63, 3.8) is 0 Å². The third-order valence-corrected chi connectivity index (χ3v) is 2.40. The van der Waals surface area contributed by atoms with E-state index in [9.17, 15) is 0 Å². The Morgan fingerprint density at radius 3 is 2.38 bits per heavy atom. The van der Waals surface area contributed by atoms with E-state index in [1.54, 1.807) is 0 Å². The van der Waals surface area contributed by atoms with Crippen LogP contribution in [0.1, 0.15) is 11.1 Å². The SMILES string of the molecule is c1ccc(COCCc2ccncc2)cc1. The lowest BCUT2D eigenvalue weighted by Gasteiger charge is -2.04. The predicted octanol–water partition coefficient (Wildman–Crippen LogP) is 2.84. The van der Waals surface area contributed by atoms with E-state index >= 15 is 0 Å². The fourth-order valence-corrected chi connectivity index (χ4v) is 1.50. The first-order valence-corrected chi connectivity index (χ1v) is 5.46. The Kier molecular flexibility index (Phi) is 4.08. The zero-order valence-corrected chi connectivity index (χ0v) is 9.17. The maximum atomic E-state index is 5.60. The number of nitrogens with zero attached hydrogens (tertiary/aromatic N) is 1. The average Bonchev–Trinajstić information content (AvgIpc) is 2.37. The minimum Gasteiger partial charge on any atom is -0.376 e. The van der Waals surface area contributed by atoms with Crippen LogP contribution < -0.4 is 0 Å². The summed E-state index contributed by atoms with van der Waals surface area (Å²) in [7, 11) is 0. The Balaban J connectivity index is 1.70. The first-order valence-electron chi connectivity index (χ1n) is 5.46. The largest absolute Gasteiger partial charge is 0.376 e. The Morgan fingerprint density at radius 1 is 0.875 bits per heavy atom. The molecule has 0 amide bonds. The number of hydrogen-bond donors (Lipinski definition) is 0. The third-order valence-electron chi connectivity index (χ3n) is 2.40. The summed E-state index contributed by atoms with van der Waals surface area (Å²) in [5.41, 5.74) is 2.49. The quantitative estimate of drug-likeness (QED) is 0.712. The lowest BCUT2D eigenvalue weighted by molar-refractivity contribution is 0.124. The Labute approximate surface area is 95.9 Å². The lowest BCUT2D eigenvalue weighted by atomic mass is 10.2. The molecular formula is C14H15NO. The summed E-state index contributed by atoms with van der Waals surface area (Å²) in [6.45, 7) is 1.44. The Bertz CT molecular complexity index is 358. The number of aromatic nitrogens is 1. The van der Waals surface area contributed by atoms with Gasteiger partial charge in [0.05, 0.1) is 13.2 Å². The van der Waals surface area contributed by atoms with Gasteiger partial charge in [0.15, 0.2) is 0 Å². The van der Waals surface area contributed by atoms with Crippen LogP contribution in [-0.4, -0.2) is 11.6 Å². The molecule has 82 valence electrons. The highest BCUT2D eigenvalue weighted by atomic mass is 16.5. The number of pyridine rings is 1. The van der Waals surface area contributed by atoms with Crippen molar-refractivity contribution in [3.05, 3.63) is 66.0 Å². The Morgan fingerprint density at radius 2 is 1.62 bits per heavy atom. The highest BCUT2D eigenvalue weighted by Crippen LogP contribution is 2.02. The van der Waals surface area contributed by atoms with E-state index in [1.165, 1.54) is 11.1 Å². The molecule has 2 rings (SSSR count). The molecule has 0 saturated carbocycles. The molecule has 0 aliphatic rings. The fraction of sp³-hybridized carbons (Fsp3) is 0.214. The van der Waals surface area contributed by atoms with Crippen molar-refractivity contribution < 1.29 is 4.74 Å². The van der Waals surface area contributed by atoms with Crippen LogP contribution in [-0.2, 0) is 17.8 Å². The standard InChI is InChI=1S/C14H15NO/c1-2-4-14(5-3-1)12-16-11-8-13-6-9-15-10-7-13/h1-7,9-10H,8,11-12H2. The molecular weight excluding hydrogens is 198 g/mol. The second kappa shape index (κ2) is 6.03. The van der Waals surface area contributed by atoms with Gasteiger partial charge in [-0.3, -0.25) is 4.98 Å². The molecule has 1 aromatic heterocycles. The van der Waals surface area contributed by atoms with Crippen LogP contribution in [0.3, 0.4) is 0 Å². The van der Waals surface area contributed by atoms with Crippen LogP contribution in [0, 0.1) is 0 Å². The molecule has 0 N–H and O–H groups in total. The summed E-state index contributed by atoms with van der Waals surface area (Å²) >= 11 is 0. The summed E-state index contributed by atoms with van der Waals surface area (Å²) in [6.07, 6.45) is 4.56. The van der Waals surface area contributed by atoms with Crippen molar-refractivity contribution in [1.29, 1.82) is 0 Å². The topological polar surface area (TPSA) is 22.1 Å². The zero-order chi connectivity index (χ0) is 11.1. The first kappa shape index (κ1) is 10.8. The molecule has 0 aliphatic heterocycles. The highest BCUT2D eigenvalue weighted by Gasteiger charge is 1.93. The molecule has 0 atom stereocenters. The van der Waals surface area contributed by atoms with Crippen LogP contribution in [0.4, 0.5) is 0 Å². The molecule has 0 spiro atoms. The van der Waals surface area contributed by atoms with Crippen molar-refractivity contribution in [3.8, 4) is 0 Å². The molecule has 0 fully saturated rings. The van der Waals surface area contributed by atoms with Crippen molar-refractivity contribution in [2.45, 2.75) is 13.0 Å². The monoisotopic (exact) mass is 213 g/mol. The van der Waals surface area contributed by atoms with E-state index in [2.05, 4.69) is 17.1 Å². The van der Waals surface area contributed by atoms with Crippen LogP contribution in [0.2, 0.25) is 0 Å². The van der Waals surface area contributed by atoms with Gasteiger partial charge >= 0.3 is 0 Å². The third kappa shape index (κ3) is 3.48. The highest BCUT2D eigenvalue weighted by molar-refractivity contribution is 5.13. The van der Waals surface area contributed by atoms with Crippen molar-refractivity contribution in [1.82, 2.24) is 4.98 Å². The van der Waals surface area contributed by atoms with Gasteiger partial charge in [0.25, 0.3) is 0 Å². The molecule has 2 aromatic rings. The average molecular weight is 213 g/mol. The van der Waals surface area contributed by atoms with E-state index < -0.39 is 0 Å². The smallest absolute Gasteiger partial charge is 0.0717 e. The molecule has 0 saturated heterocycles. The van der Waals surface area contributed by atoms with Crippen LogP contribution in [0.25, 0.3) is 0 Å². The summed E-state index contributed by atoms with van der Waals surface area (Å²) < 4.78 is 5.60. The molecule has 16 heavy (non-hydrogen) atoms.